The molecule has 2 N–H and O–H groups in total. The van der Waals surface area contributed by atoms with Crippen LogP contribution in [-0.4, -0.2) is 19.1 Å². The Kier molecular flexibility index (Phi) is 3.44. The fraction of sp³-hybridized carbons (Fsp3) is 0.667. The molecule has 0 aromatic carbocycles. The molecule has 0 saturated carbocycles. The highest BCUT2D eigenvalue weighted by Crippen LogP contribution is 2.26. The second-order valence-corrected chi connectivity index (χ2v) is 5.91. The van der Waals surface area contributed by atoms with Crippen LogP contribution in [0.2, 0.25) is 0 Å². The smallest absolute Gasteiger partial charge is 0.0305 e. The molecule has 0 aliphatic carbocycles. The van der Waals surface area contributed by atoms with Crippen LogP contribution in [0.4, 0.5) is 0 Å². The maximum atomic E-state index is 3.69. The predicted molar refractivity (Wildman–Crippen MR) is 66.6 cm³/mol. The van der Waals surface area contributed by atoms with Gasteiger partial charge in [0.25, 0.3) is 0 Å². The SMILES string of the molecule is Cc1cc(C(C)NC2CCNC2)c(C)s1. The van der Waals surface area contributed by atoms with Crippen molar-refractivity contribution < 1.29 is 0 Å². The first kappa shape index (κ1) is 11.1. The molecule has 2 atom stereocenters. The summed E-state index contributed by atoms with van der Waals surface area (Å²) < 4.78 is 0. The van der Waals surface area contributed by atoms with Crippen molar-refractivity contribution in [3.63, 3.8) is 0 Å². The zero-order valence-electron chi connectivity index (χ0n) is 9.76. The number of thiophene rings is 1. The maximum absolute atomic E-state index is 3.69. The fourth-order valence-electron chi connectivity index (χ4n) is 2.32. The van der Waals surface area contributed by atoms with Gasteiger partial charge in [0.2, 0.25) is 0 Å². The van der Waals surface area contributed by atoms with Gasteiger partial charge in [0.1, 0.15) is 0 Å². The van der Waals surface area contributed by atoms with Gasteiger partial charge in [-0.1, -0.05) is 0 Å². The van der Waals surface area contributed by atoms with Crippen LogP contribution >= 0.6 is 11.3 Å². The molecule has 0 radical (unpaired) electrons. The lowest BCUT2D eigenvalue weighted by Gasteiger charge is -2.18. The van der Waals surface area contributed by atoms with E-state index in [9.17, 15) is 0 Å². The van der Waals surface area contributed by atoms with Crippen molar-refractivity contribution in [3.05, 3.63) is 21.4 Å². The van der Waals surface area contributed by atoms with Gasteiger partial charge in [-0.25, -0.2) is 0 Å². The first-order valence-electron chi connectivity index (χ1n) is 5.70. The molecule has 1 aliphatic heterocycles. The van der Waals surface area contributed by atoms with Gasteiger partial charge >= 0.3 is 0 Å². The van der Waals surface area contributed by atoms with Crippen LogP contribution < -0.4 is 10.6 Å². The van der Waals surface area contributed by atoms with Crippen molar-refractivity contribution in [1.82, 2.24) is 10.6 Å². The third kappa shape index (κ3) is 2.60. The summed E-state index contributed by atoms with van der Waals surface area (Å²) in [4.78, 5) is 2.87. The quantitative estimate of drug-likeness (QED) is 0.823. The first-order chi connectivity index (χ1) is 7.16. The van der Waals surface area contributed by atoms with Crippen LogP contribution in [0, 0.1) is 13.8 Å². The predicted octanol–water partition coefficient (Wildman–Crippen LogP) is 2.38. The Balaban J connectivity index is 2.00. The minimum absolute atomic E-state index is 0.486. The molecular formula is C12H20N2S. The molecule has 2 rings (SSSR count). The van der Waals surface area contributed by atoms with Crippen molar-refractivity contribution in [3.8, 4) is 0 Å². The van der Waals surface area contributed by atoms with Gasteiger partial charge in [-0.15, -0.1) is 11.3 Å². The van der Waals surface area contributed by atoms with E-state index in [2.05, 4.69) is 37.5 Å². The zero-order chi connectivity index (χ0) is 10.8. The zero-order valence-corrected chi connectivity index (χ0v) is 10.6. The Morgan fingerprint density at radius 1 is 1.53 bits per heavy atom. The summed E-state index contributed by atoms with van der Waals surface area (Å²) in [6, 6.07) is 3.46. The number of rotatable bonds is 3. The lowest BCUT2D eigenvalue weighted by molar-refractivity contribution is 0.478. The molecule has 2 nitrogen and oxygen atoms in total. The Hall–Kier alpha value is -0.380. The molecule has 1 fully saturated rings. The third-order valence-electron chi connectivity index (χ3n) is 3.09. The van der Waals surface area contributed by atoms with Crippen molar-refractivity contribution in [2.75, 3.05) is 13.1 Å². The molecule has 84 valence electrons. The molecule has 3 heteroatoms. The van der Waals surface area contributed by atoms with Crippen molar-refractivity contribution >= 4 is 11.3 Å². The summed E-state index contributed by atoms with van der Waals surface area (Å²) in [5.41, 5.74) is 1.48. The molecule has 15 heavy (non-hydrogen) atoms. The van der Waals surface area contributed by atoms with Gasteiger partial charge in [-0.2, -0.15) is 0 Å². The van der Waals surface area contributed by atoms with Gasteiger partial charge < -0.3 is 10.6 Å². The van der Waals surface area contributed by atoms with E-state index in [4.69, 9.17) is 0 Å². The van der Waals surface area contributed by atoms with E-state index < -0.39 is 0 Å². The van der Waals surface area contributed by atoms with E-state index in [-0.39, 0.29) is 0 Å². The fourth-order valence-corrected chi connectivity index (χ4v) is 3.34. The molecule has 1 saturated heterocycles. The third-order valence-corrected chi connectivity index (χ3v) is 4.07. The van der Waals surface area contributed by atoms with Crippen LogP contribution in [0.15, 0.2) is 6.07 Å². The van der Waals surface area contributed by atoms with Crippen molar-refractivity contribution in [2.24, 2.45) is 0 Å². The Bertz CT molecular complexity index is 326. The molecular weight excluding hydrogens is 204 g/mol. The number of nitrogens with one attached hydrogen (secondary N) is 2. The van der Waals surface area contributed by atoms with Crippen LogP contribution in [0.3, 0.4) is 0 Å². The van der Waals surface area contributed by atoms with E-state index in [0.717, 1.165) is 13.1 Å². The molecule has 0 bridgehead atoms. The standard InChI is InChI=1S/C12H20N2S/c1-8-6-12(10(3)15-8)9(2)14-11-4-5-13-7-11/h6,9,11,13-14H,4-5,7H2,1-3H3. The van der Waals surface area contributed by atoms with Crippen LogP contribution in [0.1, 0.15) is 34.7 Å². The molecule has 1 aliphatic rings. The minimum Gasteiger partial charge on any atom is -0.315 e. The van der Waals surface area contributed by atoms with Gasteiger partial charge in [-0.05, 0) is 45.4 Å². The summed E-state index contributed by atoms with van der Waals surface area (Å²) in [7, 11) is 0. The number of hydrogen-bond acceptors (Lipinski definition) is 3. The summed E-state index contributed by atoms with van der Waals surface area (Å²) in [6.45, 7) is 8.95. The second-order valence-electron chi connectivity index (χ2n) is 4.45. The van der Waals surface area contributed by atoms with E-state index in [1.807, 2.05) is 11.3 Å². The maximum Gasteiger partial charge on any atom is 0.0305 e. The van der Waals surface area contributed by atoms with Gasteiger partial charge in [0.15, 0.2) is 0 Å². The van der Waals surface area contributed by atoms with Gasteiger partial charge in [0.05, 0.1) is 0 Å². The average Bonchev–Trinajstić information content (AvgIpc) is 2.75. The van der Waals surface area contributed by atoms with Gasteiger partial charge in [-0.3, -0.25) is 0 Å². The molecule has 0 spiro atoms. The topological polar surface area (TPSA) is 24.1 Å². The van der Waals surface area contributed by atoms with E-state index >= 15 is 0 Å². The van der Waals surface area contributed by atoms with Crippen LogP contribution in [0.25, 0.3) is 0 Å². The second kappa shape index (κ2) is 4.64. The first-order valence-corrected chi connectivity index (χ1v) is 6.52. The van der Waals surface area contributed by atoms with E-state index in [1.165, 1.54) is 21.7 Å². The normalized spacial score (nSPS) is 23.3. The van der Waals surface area contributed by atoms with Crippen molar-refractivity contribution in [2.45, 2.75) is 39.3 Å². The van der Waals surface area contributed by atoms with Crippen LogP contribution in [0.5, 0.6) is 0 Å². The molecule has 1 aromatic rings. The number of hydrogen-bond donors (Lipinski definition) is 2. The van der Waals surface area contributed by atoms with E-state index in [1.54, 1.807) is 0 Å². The van der Waals surface area contributed by atoms with Crippen LogP contribution in [-0.2, 0) is 0 Å². The molecule has 2 unspecified atom stereocenters. The Labute approximate surface area is 96.1 Å². The highest BCUT2D eigenvalue weighted by atomic mass is 32.1. The van der Waals surface area contributed by atoms with Crippen molar-refractivity contribution in [1.29, 1.82) is 0 Å². The molecule has 0 amide bonds. The lowest BCUT2D eigenvalue weighted by Crippen LogP contribution is -2.33. The van der Waals surface area contributed by atoms with E-state index in [0.29, 0.717) is 12.1 Å². The molecule has 2 heterocycles. The van der Waals surface area contributed by atoms with Gasteiger partial charge in [0, 0.05) is 28.4 Å². The summed E-state index contributed by atoms with van der Waals surface area (Å²) in [5.74, 6) is 0. The summed E-state index contributed by atoms with van der Waals surface area (Å²) in [6.07, 6.45) is 1.26. The monoisotopic (exact) mass is 224 g/mol. The Morgan fingerprint density at radius 2 is 2.33 bits per heavy atom. The largest absolute Gasteiger partial charge is 0.315 e. The highest BCUT2D eigenvalue weighted by Gasteiger charge is 2.18. The molecule has 1 aromatic heterocycles. The summed E-state index contributed by atoms with van der Waals surface area (Å²) >= 11 is 1.90. The Morgan fingerprint density at radius 3 is 2.87 bits per heavy atom. The summed E-state index contributed by atoms with van der Waals surface area (Å²) in [5, 5.41) is 7.08. The highest BCUT2D eigenvalue weighted by molar-refractivity contribution is 7.12. The minimum atomic E-state index is 0.486. The average molecular weight is 224 g/mol. The number of aryl methyl sites for hydroxylation is 2. The lowest BCUT2D eigenvalue weighted by atomic mass is 10.1.